The van der Waals surface area contributed by atoms with Crippen LogP contribution in [0.5, 0.6) is 0 Å². The molecule has 0 unspecified atom stereocenters. The lowest BCUT2D eigenvalue weighted by Gasteiger charge is -2.05. The van der Waals surface area contributed by atoms with Gasteiger partial charge in [0, 0.05) is 13.0 Å². The normalized spacial score (nSPS) is 10.7. The summed E-state index contributed by atoms with van der Waals surface area (Å²) in [6, 6.07) is 0. The van der Waals surface area contributed by atoms with E-state index in [2.05, 4.69) is 17.2 Å². The topological polar surface area (TPSA) is 94.0 Å². The molecule has 0 aliphatic heterocycles. The largest absolute Gasteiger partial charge is 0.476 e. The number of hydrogen-bond acceptors (Lipinski definition) is 5. The van der Waals surface area contributed by atoms with Gasteiger partial charge >= 0.3 is 5.97 Å². The van der Waals surface area contributed by atoms with Gasteiger partial charge in [-0.05, 0) is 24.5 Å². The number of carboxylic acid groups (broad SMARTS) is 1. The van der Waals surface area contributed by atoms with E-state index in [0.717, 1.165) is 17.9 Å². The Hall–Kier alpha value is -1.08. The Bertz CT molecular complexity index is 367. The first-order valence-corrected chi connectivity index (χ1v) is 6.79. The highest BCUT2D eigenvalue weighted by molar-refractivity contribution is 7.99. The molecule has 1 aromatic heterocycles. The maximum absolute atomic E-state index is 10.9. The molecule has 17 heavy (non-hydrogen) atoms. The van der Waals surface area contributed by atoms with E-state index >= 15 is 0 Å². The van der Waals surface area contributed by atoms with E-state index in [9.17, 15) is 4.79 Å². The fourth-order valence-electron chi connectivity index (χ4n) is 1.52. The van der Waals surface area contributed by atoms with Gasteiger partial charge < -0.3 is 10.8 Å². The number of carbonyl (C=O) groups is 1. The number of rotatable bonds is 8. The summed E-state index contributed by atoms with van der Waals surface area (Å²) in [6.45, 7) is 3.21. The van der Waals surface area contributed by atoms with Crippen LogP contribution in [0.4, 0.5) is 0 Å². The number of carboxylic acids is 1. The summed E-state index contributed by atoms with van der Waals surface area (Å²) in [4.78, 5) is 10.9. The molecule has 1 heterocycles. The molecule has 0 aromatic carbocycles. The summed E-state index contributed by atoms with van der Waals surface area (Å²) in [5, 5.41) is 16.5. The third-order valence-electron chi connectivity index (χ3n) is 2.28. The molecule has 1 rings (SSSR count). The predicted octanol–water partition coefficient (Wildman–Crippen LogP) is 0.621. The van der Waals surface area contributed by atoms with Crippen molar-refractivity contribution in [2.75, 3.05) is 18.1 Å². The molecule has 6 nitrogen and oxygen atoms in total. The summed E-state index contributed by atoms with van der Waals surface area (Å²) >= 11 is 1.86. The minimum absolute atomic E-state index is 0.0265. The number of hydrogen-bond donors (Lipinski definition) is 2. The molecule has 7 heteroatoms. The van der Waals surface area contributed by atoms with E-state index < -0.39 is 5.97 Å². The Morgan fingerprint density at radius 3 is 2.94 bits per heavy atom. The molecule has 0 atom stereocenters. The Labute approximate surface area is 105 Å². The molecular formula is C10H18N4O2S. The standard InChI is InChI=1S/C10H18N4O2S/c1-2-17-7-3-6-14-8(4-5-11)9(10(15)16)12-13-14/h2-7,11H2,1H3,(H,15,16). The van der Waals surface area contributed by atoms with Crippen LogP contribution >= 0.6 is 11.8 Å². The van der Waals surface area contributed by atoms with Crippen molar-refractivity contribution in [3.05, 3.63) is 11.4 Å². The molecular weight excluding hydrogens is 240 g/mol. The summed E-state index contributed by atoms with van der Waals surface area (Å²) in [7, 11) is 0. The van der Waals surface area contributed by atoms with Crippen molar-refractivity contribution in [1.29, 1.82) is 0 Å². The number of aromatic carboxylic acids is 1. The van der Waals surface area contributed by atoms with Gasteiger partial charge in [0.05, 0.1) is 5.69 Å². The summed E-state index contributed by atoms with van der Waals surface area (Å²) in [5.74, 6) is 1.09. The van der Waals surface area contributed by atoms with Gasteiger partial charge in [-0.3, -0.25) is 0 Å². The predicted molar refractivity (Wildman–Crippen MR) is 67.4 cm³/mol. The second-order valence-corrected chi connectivity index (χ2v) is 4.90. The number of aryl methyl sites for hydroxylation is 1. The van der Waals surface area contributed by atoms with E-state index in [1.807, 2.05) is 11.8 Å². The molecule has 3 N–H and O–H groups in total. The van der Waals surface area contributed by atoms with Crippen molar-refractivity contribution in [2.24, 2.45) is 5.73 Å². The highest BCUT2D eigenvalue weighted by Gasteiger charge is 2.17. The number of nitrogens with zero attached hydrogens (tertiary/aromatic N) is 3. The van der Waals surface area contributed by atoms with Gasteiger partial charge in [-0.2, -0.15) is 11.8 Å². The van der Waals surface area contributed by atoms with Crippen molar-refractivity contribution in [1.82, 2.24) is 15.0 Å². The highest BCUT2D eigenvalue weighted by atomic mass is 32.2. The van der Waals surface area contributed by atoms with Gasteiger partial charge in [0.2, 0.25) is 0 Å². The number of aromatic nitrogens is 3. The second kappa shape index (κ2) is 7.29. The first-order valence-electron chi connectivity index (χ1n) is 5.64. The smallest absolute Gasteiger partial charge is 0.358 e. The Morgan fingerprint density at radius 1 is 1.59 bits per heavy atom. The van der Waals surface area contributed by atoms with Crippen LogP contribution in [-0.2, 0) is 13.0 Å². The monoisotopic (exact) mass is 258 g/mol. The summed E-state index contributed by atoms with van der Waals surface area (Å²) in [5.41, 5.74) is 6.12. The molecule has 0 spiro atoms. The molecule has 96 valence electrons. The third kappa shape index (κ3) is 4.01. The van der Waals surface area contributed by atoms with Crippen LogP contribution in [0.1, 0.15) is 29.5 Å². The molecule has 0 aliphatic carbocycles. The second-order valence-electron chi connectivity index (χ2n) is 3.50. The lowest BCUT2D eigenvalue weighted by molar-refractivity contribution is 0.0689. The van der Waals surface area contributed by atoms with Gasteiger partial charge in [-0.1, -0.05) is 12.1 Å². The number of thioether (sulfide) groups is 1. The van der Waals surface area contributed by atoms with Crippen LogP contribution in [0, 0.1) is 0 Å². The molecule has 0 saturated heterocycles. The van der Waals surface area contributed by atoms with Gasteiger partial charge in [0.25, 0.3) is 0 Å². The van der Waals surface area contributed by atoms with Gasteiger partial charge in [-0.15, -0.1) is 5.10 Å². The van der Waals surface area contributed by atoms with Crippen LogP contribution in [0.15, 0.2) is 0 Å². The Morgan fingerprint density at radius 2 is 2.35 bits per heavy atom. The fraction of sp³-hybridized carbons (Fsp3) is 0.700. The zero-order valence-electron chi connectivity index (χ0n) is 9.93. The first kappa shape index (κ1) is 14.0. The van der Waals surface area contributed by atoms with Crippen molar-refractivity contribution < 1.29 is 9.90 Å². The highest BCUT2D eigenvalue weighted by Crippen LogP contribution is 2.09. The van der Waals surface area contributed by atoms with E-state index in [0.29, 0.717) is 25.2 Å². The Kier molecular flexibility index (Phi) is 5.99. The number of nitrogens with two attached hydrogens (primary N) is 1. The summed E-state index contributed by atoms with van der Waals surface area (Å²) in [6.07, 6.45) is 1.45. The lowest BCUT2D eigenvalue weighted by atomic mass is 10.2. The molecule has 0 bridgehead atoms. The molecule has 1 aromatic rings. The van der Waals surface area contributed by atoms with E-state index in [-0.39, 0.29) is 5.69 Å². The van der Waals surface area contributed by atoms with Crippen molar-refractivity contribution in [3.8, 4) is 0 Å². The average molecular weight is 258 g/mol. The Balaban J connectivity index is 2.67. The average Bonchev–Trinajstić information content (AvgIpc) is 2.69. The fourth-order valence-corrected chi connectivity index (χ4v) is 2.15. The zero-order valence-corrected chi connectivity index (χ0v) is 10.7. The van der Waals surface area contributed by atoms with E-state index in [1.165, 1.54) is 0 Å². The van der Waals surface area contributed by atoms with Crippen molar-refractivity contribution in [2.45, 2.75) is 26.3 Å². The maximum atomic E-state index is 10.9. The van der Waals surface area contributed by atoms with Crippen molar-refractivity contribution in [3.63, 3.8) is 0 Å². The SMILES string of the molecule is CCSCCCn1nnc(C(=O)O)c1CCN. The minimum atomic E-state index is -1.04. The molecule has 0 saturated carbocycles. The van der Waals surface area contributed by atoms with Crippen LogP contribution in [0.3, 0.4) is 0 Å². The quantitative estimate of drug-likeness (QED) is 0.664. The first-order chi connectivity index (χ1) is 8.20. The minimum Gasteiger partial charge on any atom is -0.476 e. The van der Waals surface area contributed by atoms with E-state index in [1.54, 1.807) is 4.68 Å². The zero-order chi connectivity index (χ0) is 12.7. The molecule has 0 aliphatic rings. The van der Waals surface area contributed by atoms with Crippen LogP contribution in [0.2, 0.25) is 0 Å². The van der Waals surface area contributed by atoms with Crippen LogP contribution in [0.25, 0.3) is 0 Å². The molecule has 0 amide bonds. The van der Waals surface area contributed by atoms with Gasteiger partial charge in [0.15, 0.2) is 5.69 Å². The maximum Gasteiger partial charge on any atom is 0.358 e. The molecule has 0 fully saturated rings. The third-order valence-corrected chi connectivity index (χ3v) is 3.27. The van der Waals surface area contributed by atoms with Crippen LogP contribution in [-0.4, -0.2) is 44.1 Å². The van der Waals surface area contributed by atoms with E-state index in [4.69, 9.17) is 10.8 Å². The van der Waals surface area contributed by atoms with Crippen molar-refractivity contribution >= 4 is 17.7 Å². The van der Waals surface area contributed by atoms with Gasteiger partial charge in [0.1, 0.15) is 0 Å². The molecule has 0 radical (unpaired) electrons. The van der Waals surface area contributed by atoms with Gasteiger partial charge in [-0.25, -0.2) is 9.48 Å². The van der Waals surface area contributed by atoms with Crippen LogP contribution < -0.4 is 5.73 Å². The summed E-state index contributed by atoms with van der Waals surface area (Å²) < 4.78 is 1.66. The lowest BCUT2D eigenvalue weighted by Crippen LogP contribution is -2.14.